The van der Waals surface area contributed by atoms with Crippen molar-refractivity contribution in [3.63, 3.8) is 0 Å². The van der Waals surface area contributed by atoms with Gasteiger partial charge in [-0.2, -0.15) is 4.39 Å². The minimum absolute atomic E-state index is 0.398. The van der Waals surface area contributed by atoms with Crippen molar-refractivity contribution < 1.29 is 4.39 Å². The van der Waals surface area contributed by atoms with Crippen LogP contribution in [0.5, 0.6) is 0 Å². The van der Waals surface area contributed by atoms with E-state index >= 15 is 0 Å². The van der Waals surface area contributed by atoms with Crippen molar-refractivity contribution in [2.45, 2.75) is 32.6 Å². The first-order valence-corrected chi connectivity index (χ1v) is 4.39. The van der Waals surface area contributed by atoms with Crippen LogP contribution in [0.15, 0.2) is 18.3 Å². The van der Waals surface area contributed by atoms with E-state index in [4.69, 9.17) is 0 Å². The topological polar surface area (TPSA) is 12.9 Å². The van der Waals surface area contributed by atoms with Crippen LogP contribution in [-0.2, 0) is 0 Å². The molecule has 0 atom stereocenters. The van der Waals surface area contributed by atoms with Gasteiger partial charge in [-0.05, 0) is 30.4 Å². The third-order valence-electron chi connectivity index (χ3n) is 2.21. The zero-order chi connectivity index (χ0) is 8.97. The number of halogens is 1. The highest BCUT2D eigenvalue weighted by Crippen LogP contribution is 2.21. The molecule has 0 aliphatic heterocycles. The van der Waals surface area contributed by atoms with E-state index in [1.807, 2.05) is 6.07 Å². The fourth-order valence-electron chi connectivity index (χ4n) is 1.39. The van der Waals surface area contributed by atoms with Gasteiger partial charge in [0.2, 0.25) is 5.95 Å². The molecule has 1 nitrogen and oxygen atoms in total. The van der Waals surface area contributed by atoms with Gasteiger partial charge in [-0.15, -0.1) is 0 Å². The van der Waals surface area contributed by atoms with Crippen molar-refractivity contribution in [3.05, 3.63) is 29.8 Å². The molecule has 0 spiro atoms. The summed E-state index contributed by atoms with van der Waals surface area (Å²) >= 11 is 0. The molecule has 0 N–H and O–H groups in total. The molecule has 0 aliphatic rings. The van der Waals surface area contributed by atoms with E-state index in [2.05, 4.69) is 18.8 Å². The van der Waals surface area contributed by atoms with Crippen LogP contribution in [0.4, 0.5) is 4.39 Å². The predicted octanol–water partition coefficient (Wildman–Crippen LogP) is 3.12. The first-order valence-electron chi connectivity index (χ1n) is 4.39. The van der Waals surface area contributed by atoms with Crippen molar-refractivity contribution >= 4 is 0 Å². The Morgan fingerprint density at radius 2 is 2.00 bits per heavy atom. The summed E-state index contributed by atoms with van der Waals surface area (Å²) in [6.07, 6.45) is 3.81. The highest BCUT2D eigenvalue weighted by molar-refractivity contribution is 5.14. The zero-order valence-electron chi connectivity index (χ0n) is 7.55. The average molecular weight is 167 g/mol. The summed E-state index contributed by atoms with van der Waals surface area (Å²) in [7, 11) is 0. The molecule has 1 aromatic rings. The molecule has 12 heavy (non-hydrogen) atoms. The Kier molecular flexibility index (Phi) is 3.20. The van der Waals surface area contributed by atoms with E-state index in [1.165, 1.54) is 6.07 Å². The number of hydrogen-bond donors (Lipinski definition) is 0. The largest absolute Gasteiger partial charge is 0.228 e. The van der Waals surface area contributed by atoms with Crippen molar-refractivity contribution in [2.75, 3.05) is 0 Å². The molecule has 1 rings (SSSR count). The summed E-state index contributed by atoms with van der Waals surface area (Å²) in [5.41, 5.74) is 1.14. The maximum Gasteiger partial charge on any atom is 0.212 e. The van der Waals surface area contributed by atoms with Crippen LogP contribution >= 0.6 is 0 Å². The van der Waals surface area contributed by atoms with Crippen LogP contribution < -0.4 is 0 Å². The molecular weight excluding hydrogens is 153 g/mol. The zero-order valence-corrected chi connectivity index (χ0v) is 7.55. The summed E-state index contributed by atoms with van der Waals surface area (Å²) in [5, 5.41) is 0. The molecule has 1 heterocycles. The molecule has 0 saturated carbocycles. The van der Waals surface area contributed by atoms with E-state index in [9.17, 15) is 4.39 Å². The number of hydrogen-bond acceptors (Lipinski definition) is 1. The molecule has 0 aliphatic carbocycles. The summed E-state index contributed by atoms with van der Waals surface area (Å²) in [5.74, 6) is 0.128. The van der Waals surface area contributed by atoms with E-state index < -0.39 is 5.95 Å². The molecule has 0 radical (unpaired) electrons. The standard InChI is InChI=1S/C10H14FN/c1-3-8(4-2)9-5-6-10(11)12-7-9/h5-8H,3-4H2,1-2H3. The molecule has 0 bridgehead atoms. The van der Waals surface area contributed by atoms with E-state index in [1.54, 1.807) is 6.20 Å². The second kappa shape index (κ2) is 4.19. The highest BCUT2D eigenvalue weighted by Gasteiger charge is 2.06. The first kappa shape index (κ1) is 9.17. The van der Waals surface area contributed by atoms with Gasteiger partial charge in [0.1, 0.15) is 0 Å². The Hall–Kier alpha value is -0.920. The van der Waals surface area contributed by atoms with E-state index in [0.29, 0.717) is 5.92 Å². The summed E-state index contributed by atoms with van der Waals surface area (Å²) < 4.78 is 12.4. The lowest BCUT2D eigenvalue weighted by Gasteiger charge is -2.11. The fourth-order valence-corrected chi connectivity index (χ4v) is 1.39. The Morgan fingerprint density at radius 3 is 2.42 bits per heavy atom. The van der Waals surface area contributed by atoms with Crippen LogP contribution in [0.25, 0.3) is 0 Å². The minimum atomic E-state index is -0.398. The molecule has 2 heteroatoms. The maximum atomic E-state index is 12.4. The van der Waals surface area contributed by atoms with Gasteiger partial charge in [0, 0.05) is 6.20 Å². The van der Waals surface area contributed by atoms with Crippen molar-refractivity contribution in [3.8, 4) is 0 Å². The average Bonchev–Trinajstić information content (AvgIpc) is 2.10. The lowest BCUT2D eigenvalue weighted by molar-refractivity contribution is 0.574. The predicted molar refractivity (Wildman–Crippen MR) is 47.5 cm³/mol. The normalized spacial score (nSPS) is 10.7. The maximum absolute atomic E-state index is 12.4. The molecular formula is C10H14FN. The number of pyridine rings is 1. The quantitative estimate of drug-likeness (QED) is 0.630. The van der Waals surface area contributed by atoms with Crippen LogP contribution in [-0.4, -0.2) is 4.98 Å². The molecule has 0 fully saturated rings. The summed E-state index contributed by atoms with van der Waals surface area (Å²) in [6, 6.07) is 3.24. The van der Waals surface area contributed by atoms with Crippen LogP contribution in [0.3, 0.4) is 0 Å². The third kappa shape index (κ3) is 2.03. The van der Waals surface area contributed by atoms with Crippen LogP contribution in [0.1, 0.15) is 38.2 Å². The minimum Gasteiger partial charge on any atom is -0.228 e. The van der Waals surface area contributed by atoms with Crippen molar-refractivity contribution in [1.29, 1.82) is 0 Å². The summed E-state index contributed by atoms with van der Waals surface area (Å²) in [4.78, 5) is 3.63. The second-order valence-corrected chi connectivity index (χ2v) is 2.93. The van der Waals surface area contributed by atoms with Gasteiger partial charge >= 0.3 is 0 Å². The Bertz CT molecular complexity index is 226. The molecule has 0 saturated heterocycles. The Labute approximate surface area is 72.6 Å². The van der Waals surface area contributed by atoms with Gasteiger partial charge in [-0.1, -0.05) is 19.9 Å². The van der Waals surface area contributed by atoms with Gasteiger partial charge in [-0.3, -0.25) is 0 Å². The molecule has 0 unspecified atom stereocenters. The van der Waals surface area contributed by atoms with Gasteiger partial charge in [0.15, 0.2) is 0 Å². The van der Waals surface area contributed by atoms with Gasteiger partial charge < -0.3 is 0 Å². The van der Waals surface area contributed by atoms with E-state index in [0.717, 1.165) is 18.4 Å². The second-order valence-electron chi connectivity index (χ2n) is 2.93. The fraction of sp³-hybridized carbons (Fsp3) is 0.500. The number of nitrogens with zero attached hydrogens (tertiary/aromatic N) is 1. The lowest BCUT2D eigenvalue weighted by atomic mass is 9.96. The van der Waals surface area contributed by atoms with Gasteiger partial charge in [-0.25, -0.2) is 4.98 Å². The Balaban J connectivity index is 2.80. The third-order valence-corrected chi connectivity index (χ3v) is 2.21. The highest BCUT2D eigenvalue weighted by atomic mass is 19.1. The molecule has 0 aromatic carbocycles. The van der Waals surface area contributed by atoms with Crippen molar-refractivity contribution in [1.82, 2.24) is 4.98 Å². The van der Waals surface area contributed by atoms with Crippen LogP contribution in [0.2, 0.25) is 0 Å². The first-order chi connectivity index (χ1) is 5.77. The Morgan fingerprint density at radius 1 is 1.33 bits per heavy atom. The SMILES string of the molecule is CCC(CC)c1ccc(F)nc1. The monoisotopic (exact) mass is 167 g/mol. The molecule has 0 amide bonds. The summed E-state index contributed by atoms with van der Waals surface area (Å²) in [6.45, 7) is 4.27. The lowest BCUT2D eigenvalue weighted by Crippen LogP contribution is -1.96. The molecule has 66 valence electrons. The van der Waals surface area contributed by atoms with Gasteiger partial charge in [0.25, 0.3) is 0 Å². The van der Waals surface area contributed by atoms with Gasteiger partial charge in [0.05, 0.1) is 0 Å². The molecule has 1 aromatic heterocycles. The van der Waals surface area contributed by atoms with Crippen LogP contribution in [0, 0.1) is 5.95 Å². The number of rotatable bonds is 3. The van der Waals surface area contributed by atoms with Crippen molar-refractivity contribution in [2.24, 2.45) is 0 Å². The van der Waals surface area contributed by atoms with E-state index in [-0.39, 0.29) is 0 Å². The number of aromatic nitrogens is 1. The smallest absolute Gasteiger partial charge is 0.212 e.